The standard InChI is InChI=1S/C21H22N6O/c1-13-3-2-10-27(12-13)18-8-9-23-19(24-18)16-7-6-14-4-5-15(11-17(14)16)20-25-26-21(22)28-20/h4-5,7-9,11,13H,2-3,6,10,12H2,1H3,(H2,22,26)/t13-/m0/s1. The second-order valence-corrected chi connectivity index (χ2v) is 7.57. The van der Waals surface area contributed by atoms with E-state index in [-0.39, 0.29) is 6.01 Å². The van der Waals surface area contributed by atoms with Crippen LogP contribution in [0.1, 0.15) is 36.7 Å². The molecule has 0 bridgehead atoms. The van der Waals surface area contributed by atoms with Crippen LogP contribution in [-0.2, 0) is 6.42 Å². The molecule has 0 unspecified atom stereocenters. The van der Waals surface area contributed by atoms with E-state index in [1.807, 2.05) is 18.3 Å². The summed E-state index contributed by atoms with van der Waals surface area (Å²) in [5.41, 5.74) is 9.82. The van der Waals surface area contributed by atoms with Gasteiger partial charge in [0, 0.05) is 30.4 Å². The fourth-order valence-corrected chi connectivity index (χ4v) is 4.08. The first kappa shape index (κ1) is 16.9. The molecule has 3 heterocycles. The molecular weight excluding hydrogens is 352 g/mol. The Balaban J connectivity index is 1.48. The van der Waals surface area contributed by atoms with E-state index < -0.39 is 0 Å². The zero-order valence-corrected chi connectivity index (χ0v) is 15.8. The van der Waals surface area contributed by atoms with Crippen molar-refractivity contribution in [1.29, 1.82) is 0 Å². The van der Waals surface area contributed by atoms with Gasteiger partial charge in [0.1, 0.15) is 5.82 Å². The maximum atomic E-state index is 5.57. The molecule has 0 radical (unpaired) electrons. The van der Waals surface area contributed by atoms with Gasteiger partial charge in [-0.25, -0.2) is 9.97 Å². The highest BCUT2D eigenvalue weighted by Gasteiger charge is 2.22. The van der Waals surface area contributed by atoms with Crippen LogP contribution in [0.5, 0.6) is 0 Å². The largest absolute Gasteiger partial charge is 0.404 e. The fourth-order valence-electron chi connectivity index (χ4n) is 4.08. The zero-order valence-electron chi connectivity index (χ0n) is 15.8. The van der Waals surface area contributed by atoms with Crippen molar-refractivity contribution in [1.82, 2.24) is 20.2 Å². The lowest BCUT2D eigenvalue weighted by molar-refractivity contribution is 0.444. The van der Waals surface area contributed by atoms with E-state index in [1.165, 1.54) is 18.4 Å². The summed E-state index contributed by atoms with van der Waals surface area (Å²) in [5.74, 6) is 2.88. The predicted octanol–water partition coefficient (Wildman–Crippen LogP) is 3.33. The van der Waals surface area contributed by atoms with Gasteiger partial charge < -0.3 is 15.1 Å². The Morgan fingerprint density at radius 3 is 2.96 bits per heavy atom. The highest BCUT2D eigenvalue weighted by Crippen LogP contribution is 2.35. The van der Waals surface area contributed by atoms with Crippen molar-refractivity contribution < 1.29 is 4.42 Å². The first-order chi connectivity index (χ1) is 13.7. The molecule has 1 aromatic carbocycles. The molecular formula is C21H22N6O. The van der Waals surface area contributed by atoms with Gasteiger partial charge in [-0.05, 0) is 54.5 Å². The third kappa shape index (κ3) is 3.02. The van der Waals surface area contributed by atoms with Crippen LogP contribution >= 0.6 is 0 Å². The van der Waals surface area contributed by atoms with Crippen molar-refractivity contribution in [3.8, 4) is 11.5 Å². The Hall–Kier alpha value is -3.22. The topological polar surface area (TPSA) is 94.0 Å². The molecule has 0 saturated carbocycles. The van der Waals surface area contributed by atoms with Gasteiger partial charge in [0.25, 0.3) is 0 Å². The summed E-state index contributed by atoms with van der Waals surface area (Å²) in [6, 6.07) is 8.20. The van der Waals surface area contributed by atoms with E-state index >= 15 is 0 Å². The molecule has 7 nitrogen and oxygen atoms in total. The normalized spacial score (nSPS) is 18.8. The predicted molar refractivity (Wildman–Crippen MR) is 108 cm³/mol. The minimum absolute atomic E-state index is 0.0676. The van der Waals surface area contributed by atoms with Crippen molar-refractivity contribution in [2.24, 2.45) is 5.92 Å². The fraction of sp³-hybridized carbons (Fsp3) is 0.333. The van der Waals surface area contributed by atoms with Crippen molar-refractivity contribution in [2.75, 3.05) is 23.7 Å². The average molecular weight is 374 g/mol. The zero-order chi connectivity index (χ0) is 19.1. The summed E-state index contributed by atoms with van der Waals surface area (Å²) >= 11 is 0. The van der Waals surface area contributed by atoms with Gasteiger partial charge in [-0.1, -0.05) is 24.2 Å². The Morgan fingerprint density at radius 2 is 2.14 bits per heavy atom. The van der Waals surface area contributed by atoms with Crippen LogP contribution in [0, 0.1) is 5.92 Å². The summed E-state index contributed by atoms with van der Waals surface area (Å²) < 4.78 is 5.38. The van der Waals surface area contributed by atoms with Crippen molar-refractivity contribution >= 4 is 17.4 Å². The molecule has 2 aliphatic rings. The number of rotatable bonds is 3. The van der Waals surface area contributed by atoms with Gasteiger partial charge in [-0.2, -0.15) is 0 Å². The molecule has 142 valence electrons. The summed E-state index contributed by atoms with van der Waals surface area (Å²) in [7, 11) is 0. The number of allylic oxidation sites excluding steroid dienone is 1. The number of benzene rings is 1. The quantitative estimate of drug-likeness (QED) is 0.751. The van der Waals surface area contributed by atoms with E-state index in [0.717, 1.165) is 47.9 Å². The van der Waals surface area contributed by atoms with E-state index in [9.17, 15) is 0 Å². The lowest BCUT2D eigenvalue weighted by Crippen LogP contribution is -2.34. The summed E-state index contributed by atoms with van der Waals surface area (Å²) in [5, 5.41) is 7.74. The molecule has 0 spiro atoms. The number of hydrogen-bond acceptors (Lipinski definition) is 7. The van der Waals surface area contributed by atoms with Crippen molar-refractivity contribution in [2.45, 2.75) is 26.2 Å². The van der Waals surface area contributed by atoms with Crippen LogP contribution in [-0.4, -0.2) is 33.3 Å². The number of piperidine rings is 1. The first-order valence-corrected chi connectivity index (χ1v) is 9.68. The lowest BCUT2D eigenvalue weighted by atomic mass is 10.0. The minimum Gasteiger partial charge on any atom is -0.404 e. The van der Waals surface area contributed by atoms with Crippen molar-refractivity contribution in [3.63, 3.8) is 0 Å². The SMILES string of the molecule is C[C@H]1CCCN(c2ccnc(C3=CCc4ccc(-c5nnc(N)o5)cc43)n2)C1. The van der Waals surface area contributed by atoms with Gasteiger partial charge in [-0.3, -0.25) is 0 Å². The number of nitrogens with zero attached hydrogens (tertiary/aromatic N) is 5. The van der Waals surface area contributed by atoms with Crippen LogP contribution in [0.2, 0.25) is 0 Å². The van der Waals surface area contributed by atoms with E-state index in [4.69, 9.17) is 15.1 Å². The van der Waals surface area contributed by atoms with E-state index in [2.05, 4.69) is 45.2 Å². The van der Waals surface area contributed by atoms with Gasteiger partial charge in [0.15, 0.2) is 5.82 Å². The van der Waals surface area contributed by atoms with Gasteiger partial charge >= 0.3 is 6.01 Å². The van der Waals surface area contributed by atoms with E-state index in [0.29, 0.717) is 11.8 Å². The highest BCUT2D eigenvalue weighted by molar-refractivity contribution is 5.84. The van der Waals surface area contributed by atoms with Crippen LogP contribution in [0.15, 0.2) is 41.0 Å². The molecule has 1 aliphatic heterocycles. The monoisotopic (exact) mass is 374 g/mol. The maximum Gasteiger partial charge on any atom is 0.313 e. The maximum absolute atomic E-state index is 5.57. The summed E-state index contributed by atoms with van der Waals surface area (Å²) in [6.45, 7) is 4.41. The number of aromatic nitrogens is 4. The van der Waals surface area contributed by atoms with Crippen LogP contribution in [0.3, 0.4) is 0 Å². The van der Waals surface area contributed by atoms with Crippen LogP contribution in [0.4, 0.5) is 11.8 Å². The van der Waals surface area contributed by atoms with Crippen molar-refractivity contribution in [3.05, 3.63) is 53.5 Å². The minimum atomic E-state index is 0.0676. The molecule has 2 aromatic heterocycles. The molecule has 1 aliphatic carbocycles. The summed E-state index contributed by atoms with van der Waals surface area (Å²) in [4.78, 5) is 11.8. The molecule has 28 heavy (non-hydrogen) atoms. The van der Waals surface area contributed by atoms with Gasteiger partial charge in [0.05, 0.1) is 0 Å². The second-order valence-electron chi connectivity index (χ2n) is 7.57. The Morgan fingerprint density at radius 1 is 1.21 bits per heavy atom. The van der Waals surface area contributed by atoms with E-state index in [1.54, 1.807) is 0 Å². The Bertz CT molecular complexity index is 1060. The number of anilines is 2. The molecule has 7 heteroatoms. The number of fused-ring (bicyclic) bond motifs is 1. The smallest absolute Gasteiger partial charge is 0.313 e. The molecule has 1 saturated heterocycles. The summed E-state index contributed by atoms with van der Waals surface area (Å²) in [6.07, 6.45) is 7.41. The number of nitrogen functional groups attached to an aromatic ring is 1. The third-order valence-electron chi connectivity index (χ3n) is 5.48. The van der Waals surface area contributed by atoms with Crippen LogP contribution in [0.25, 0.3) is 17.0 Å². The highest BCUT2D eigenvalue weighted by atomic mass is 16.4. The Labute approximate surface area is 163 Å². The lowest BCUT2D eigenvalue weighted by Gasteiger charge is -2.31. The average Bonchev–Trinajstić information content (AvgIpc) is 3.34. The second kappa shape index (κ2) is 6.74. The number of hydrogen-bond donors (Lipinski definition) is 1. The molecule has 5 rings (SSSR count). The Kier molecular flexibility index (Phi) is 4.07. The molecule has 2 N–H and O–H groups in total. The third-order valence-corrected chi connectivity index (χ3v) is 5.48. The van der Waals surface area contributed by atoms with Gasteiger partial charge in [-0.15, -0.1) is 5.10 Å². The van der Waals surface area contributed by atoms with Crippen LogP contribution < -0.4 is 10.6 Å². The number of nitrogens with two attached hydrogens (primary N) is 1. The van der Waals surface area contributed by atoms with Gasteiger partial charge in [0.2, 0.25) is 5.89 Å². The molecule has 1 atom stereocenters. The molecule has 1 fully saturated rings. The molecule has 0 amide bonds. The molecule has 3 aromatic rings. The first-order valence-electron chi connectivity index (χ1n) is 9.68.